The van der Waals surface area contributed by atoms with Gasteiger partial charge in [-0.05, 0) is 38.5 Å². The highest BCUT2D eigenvalue weighted by atomic mass is 16.5. The second-order valence-electron chi connectivity index (χ2n) is 5.02. The quantitative estimate of drug-likeness (QED) is 0.506. The molecule has 0 aliphatic carbocycles. The Labute approximate surface area is 110 Å². The zero-order valence-corrected chi connectivity index (χ0v) is 11.0. The topological polar surface area (TPSA) is 82.5 Å². The van der Waals surface area contributed by atoms with Gasteiger partial charge in [-0.1, -0.05) is 0 Å². The molecular weight excluding hydrogens is 246 g/mol. The van der Waals surface area contributed by atoms with Crippen molar-refractivity contribution in [1.29, 1.82) is 0 Å². The van der Waals surface area contributed by atoms with Gasteiger partial charge in [0.1, 0.15) is 16.9 Å². The third-order valence-electron chi connectivity index (χ3n) is 2.66. The van der Waals surface area contributed by atoms with Crippen LogP contribution in [0.2, 0.25) is 0 Å². The first-order chi connectivity index (χ1) is 8.77. The van der Waals surface area contributed by atoms with Crippen LogP contribution in [0.5, 0.6) is 5.75 Å². The van der Waals surface area contributed by atoms with Gasteiger partial charge >= 0.3 is 11.6 Å². The molecule has 1 heterocycles. The van der Waals surface area contributed by atoms with Crippen LogP contribution in [0.15, 0.2) is 33.5 Å². The maximum atomic E-state index is 11.7. The predicted molar refractivity (Wildman–Crippen MR) is 71.1 cm³/mol. The molecule has 100 valence electrons. The summed E-state index contributed by atoms with van der Waals surface area (Å²) in [6, 6.07) is 6.29. The minimum atomic E-state index is -1.08. The molecule has 0 bridgehead atoms. The minimum absolute atomic E-state index is 0.296. The Morgan fingerprint density at radius 3 is 2.63 bits per heavy atom. The molecule has 0 saturated heterocycles. The van der Waals surface area contributed by atoms with E-state index in [2.05, 4.69) is 0 Å². The molecule has 0 aliphatic rings. The van der Waals surface area contributed by atoms with Crippen LogP contribution in [-0.2, 0) is 4.79 Å². The summed E-state index contributed by atoms with van der Waals surface area (Å²) < 4.78 is 10.2. The number of carbonyl (C=O) groups excluding carboxylic acids is 1. The Balaban J connectivity index is 2.42. The normalized spacial score (nSPS) is 11.6. The number of ether oxygens (including phenoxy) is 1. The Bertz CT molecular complexity index is 695. The van der Waals surface area contributed by atoms with E-state index >= 15 is 0 Å². The van der Waals surface area contributed by atoms with Crippen molar-refractivity contribution in [3.05, 3.63) is 40.2 Å². The Hall–Kier alpha value is -2.14. The van der Waals surface area contributed by atoms with Crippen molar-refractivity contribution in [1.82, 2.24) is 0 Å². The lowest BCUT2D eigenvalue weighted by Gasteiger charge is -2.16. The number of nitrogens with two attached hydrogens (primary N) is 1. The van der Waals surface area contributed by atoms with E-state index in [9.17, 15) is 9.59 Å². The molecule has 2 rings (SSSR count). The first-order valence-electron chi connectivity index (χ1n) is 5.83. The van der Waals surface area contributed by atoms with Gasteiger partial charge in [-0.15, -0.1) is 0 Å². The maximum absolute atomic E-state index is 11.7. The molecule has 2 N–H and O–H groups in total. The van der Waals surface area contributed by atoms with E-state index in [0.29, 0.717) is 11.3 Å². The third-order valence-corrected chi connectivity index (χ3v) is 2.66. The van der Waals surface area contributed by atoms with Crippen LogP contribution in [0.4, 0.5) is 0 Å². The number of carbonyl (C=O) groups is 1. The van der Waals surface area contributed by atoms with Gasteiger partial charge < -0.3 is 14.9 Å². The average Bonchev–Trinajstić information content (AvgIpc) is 2.26. The van der Waals surface area contributed by atoms with E-state index in [4.69, 9.17) is 14.9 Å². The molecule has 0 fully saturated rings. The fourth-order valence-electron chi connectivity index (χ4n) is 1.61. The lowest BCUT2D eigenvalue weighted by Crippen LogP contribution is -2.44. The van der Waals surface area contributed by atoms with Crippen molar-refractivity contribution in [2.45, 2.75) is 26.3 Å². The molecule has 0 atom stereocenters. The lowest BCUT2D eigenvalue weighted by molar-refractivity contribution is -0.139. The van der Waals surface area contributed by atoms with Crippen molar-refractivity contribution in [2.24, 2.45) is 5.73 Å². The van der Waals surface area contributed by atoms with Crippen LogP contribution in [0, 0.1) is 6.92 Å². The van der Waals surface area contributed by atoms with E-state index < -0.39 is 17.1 Å². The summed E-state index contributed by atoms with van der Waals surface area (Å²) in [4.78, 5) is 23.0. The first kappa shape index (κ1) is 13.3. The van der Waals surface area contributed by atoms with Gasteiger partial charge in [0, 0.05) is 17.5 Å². The van der Waals surface area contributed by atoms with Gasteiger partial charge in [-0.3, -0.25) is 0 Å². The lowest BCUT2D eigenvalue weighted by atomic mass is 10.1. The smallest absolute Gasteiger partial charge is 0.336 e. The average molecular weight is 261 g/mol. The van der Waals surface area contributed by atoms with E-state index in [1.807, 2.05) is 6.92 Å². The molecule has 1 aromatic carbocycles. The molecule has 19 heavy (non-hydrogen) atoms. The second kappa shape index (κ2) is 4.51. The third kappa shape index (κ3) is 2.82. The van der Waals surface area contributed by atoms with E-state index in [1.165, 1.54) is 12.1 Å². The van der Waals surface area contributed by atoms with Gasteiger partial charge in [0.25, 0.3) is 0 Å². The Morgan fingerprint density at radius 1 is 1.32 bits per heavy atom. The summed E-state index contributed by atoms with van der Waals surface area (Å²) in [5.74, 6) is -0.258. The van der Waals surface area contributed by atoms with E-state index in [1.54, 1.807) is 26.0 Å². The standard InChI is InChI=1S/C14H15NO4/c1-8-6-12(16)19-11-7-9(4-5-10(8)11)18-13(17)14(2,3)15/h4-7H,15H2,1-3H3. The number of esters is 1. The number of hydrogen-bond donors (Lipinski definition) is 1. The van der Waals surface area contributed by atoms with E-state index in [-0.39, 0.29) is 0 Å². The summed E-state index contributed by atoms with van der Waals surface area (Å²) >= 11 is 0. The molecular formula is C14H15NO4. The maximum Gasteiger partial charge on any atom is 0.336 e. The highest BCUT2D eigenvalue weighted by Gasteiger charge is 2.24. The molecule has 2 aromatic rings. The summed E-state index contributed by atoms with van der Waals surface area (Å²) in [5, 5.41) is 0.798. The van der Waals surface area contributed by atoms with Gasteiger partial charge in [0.2, 0.25) is 0 Å². The summed E-state index contributed by atoms with van der Waals surface area (Å²) in [6.07, 6.45) is 0. The molecule has 0 radical (unpaired) electrons. The van der Waals surface area contributed by atoms with Crippen molar-refractivity contribution >= 4 is 16.9 Å². The summed E-state index contributed by atoms with van der Waals surface area (Å²) in [5.41, 5.74) is 5.31. The van der Waals surface area contributed by atoms with Crippen LogP contribution in [0.3, 0.4) is 0 Å². The van der Waals surface area contributed by atoms with Gasteiger partial charge in [-0.25, -0.2) is 9.59 Å². The Kier molecular flexibility index (Phi) is 3.16. The van der Waals surface area contributed by atoms with Crippen molar-refractivity contribution in [2.75, 3.05) is 0 Å². The molecule has 0 aliphatic heterocycles. The van der Waals surface area contributed by atoms with Crippen molar-refractivity contribution in [3.8, 4) is 5.75 Å². The molecule has 5 heteroatoms. The largest absolute Gasteiger partial charge is 0.425 e. The SMILES string of the molecule is Cc1cc(=O)oc2cc(OC(=O)C(C)(C)N)ccc12. The van der Waals surface area contributed by atoms with Crippen molar-refractivity contribution in [3.63, 3.8) is 0 Å². The van der Waals surface area contributed by atoms with E-state index in [0.717, 1.165) is 10.9 Å². The highest BCUT2D eigenvalue weighted by Crippen LogP contribution is 2.22. The highest BCUT2D eigenvalue weighted by molar-refractivity contribution is 5.84. The number of fused-ring (bicyclic) bond motifs is 1. The fraction of sp³-hybridized carbons (Fsp3) is 0.286. The Morgan fingerprint density at radius 2 is 2.00 bits per heavy atom. The second-order valence-corrected chi connectivity index (χ2v) is 5.02. The van der Waals surface area contributed by atoms with Crippen LogP contribution < -0.4 is 16.1 Å². The molecule has 0 unspecified atom stereocenters. The number of hydrogen-bond acceptors (Lipinski definition) is 5. The van der Waals surface area contributed by atoms with Crippen LogP contribution in [0.25, 0.3) is 11.0 Å². The summed E-state index contributed by atoms with van der Waals surface area (Å²) in [6.45, 7) is 4.93. The molecule has 5 nitrogen and oxygen atoms in total. The molecule has 1 aromatic heterocycles. The monoisotopic (exact) mass is 261 g/mol. The minimum Gasteiger partial charge on any atom is -0.425 e. The van der Waals surface area contributed by atoms with Crippen LogP contribution >= 0.6 is 0 Å². The molecule has 0 amide bonds. The molecule has 0 saturated carbocycles. The summed E-state index contributed by atoms with van der Waals surface area (Å²) in [7, 11) is 0. The predicted octanol–water partition coefficient (Wildman–Crippen LogP) is 1.74. The number of benzene rings is 1. The zero-order chi connectivity index (χ0) is 14.2. The fourth-order valence-corrected chi connectivity index (χ4v) is 1.61. The van der Waals surface area contributed by atoms with Gasteiger partial charge in [0.05, 0.1) is 0 Å². The van der Waals surface area contributed by atoms with Gasteiger partial charge in [-0.2, -0.15) is 0 Å². The van der Waals surface area contributed by atoms with Crippen LogP contribution in [-0.4, -0.2) is 11.5 Å². The van der Waals surface area contributed by atoms with Crippen molar-refractivity contribution < 1.29 is 13.9 Å². The number of rotatable bonds is 2. The van der Waals surface area contributed by atoms with Crippen LogP contribution in [0.1, 0.15) is 19.4 Å². The van der Waals surface area contributed by atoms with Gasteiger partial charge in [0.15, 0.2) is 0 Å². The molecule has 0 spiro atoms. The number of aryl methyl sites for hydroxylation is 1. The first-order valence-corrected chi connectivity index (χ1v) is 5.83. The zero-order valence-electron chi connectivity index (χ0n) is 11.0.